The van der Waals surface area contributed by atoms with E-state index in [0.717, 1.165) is 38.9 Å². The van der Waals surface area contributed by atoms with Gasteiger partial charge < -0.3 is 15.5 Å². The molecule has 1 aliphatic heterocycles. The predicted molar refractivity (Wildman–Crippen MR) is 112 cm³/mol. The maximum Gasteiger partial charge on any atom is 0.313 e. The standard InChI is InChI=1S/C23H28FN3O2/c1-17-7-8-20(15-21(17)24)26-23(29)22(28)25-16-19-10-13-27(14-11-19)12-9-18-5-3-2-4-6-18/h2-8,15,19H,9-14,16H2,1H3,(H,25,28)(H,26,29). The lowest BCUT2D eigenvalue weighted by molar-refractivity contribution is -0.136. The van der Waals surface area contributed by atoms with Crippen LogP contribution >= 0.6 is 0 Å². The molecule has 6 heteroatoms. The zero-order chi connectivity index (χ0) is 20.6. The van der Waals surface area contributed by atoms with Crippen LogP contribution in [0.15, 0.2) is 48.5 Å². The summed E-state index contributed by atoms with van der Waals surface area (Å²) in [6.45, 7) is 5.17. The summed E-state index contributed by atoms with van der Waals surface area (Å²) in [5, 5.41) is 5.15. The molecule has 0 saturated carbocycles. The summed E-state index contributed by atoms with van der Waals surface area (Å²) in [6, 6.07) is 14.8. The monoisotopic (exact) mass is 397 g/mol. The van der Waals surface area contributed by atoms with Crippen LogP contribution in [0.25, 0.3) is 0 Å². The van der Waals surface area contributed by atoms with Crippen molar-refractivity contribution in [1.82, 2.24) is 10.2 Å². The van der Waals surface area contributed by atoms with Gasteiger partial charge in [-0.05, 0) is 68.5 Å². The number of benzene rings is 2. The van der Waals surface area contributed by atoms with E-state index in [0.29, 0.717) is 18.0 Å². The molecular formula is C23H28FN3O2. The molecule has 2 aromatic rings. The highest BCUT2D eigenvalue weighted by Crippen LogP contribution is 2.17. The maximum absolute atomic E-state index is 13.5. The van der Waals surface area contributed by atoms with Crippen LogP contribution in [0.3, 0.4) is 0 Å². The third-order valence-electron chi connectivity index (χ3n) is 5.45. The second kappa shape index (κ2) is 10.2. The van der Waals surface area contributed by atoms with Gasteiger partial charge in [0.2, 0.25) is 0 Å². The van der Waals surface area contributed by atoms with Gasteiger partial charge in [-0.15, -0.1) is 0 Å². The zero-order valence-corrected chi connectivity index (χ0v) is 16.8. The van der Waals surface area contributed by atoms with Crippen molar-refractivity contribution in [3.63, 3.8) is 0 Å². The number of nitrogens with zero attached hydrogens (tertiary/aromatic N) is 1. The number of halogens is 1. The van der Waals surface area contributed by atoms with Gasteiger partial charge in [-0.2, -0.15) is 0 Å². The fourth-order valence-corrected chi connectivity index (χ4v) is 3.52. The maximum atomic E-state index is 13.5. The molecule has 3 rings (SSSR count). The molecule has 1 saturated heterocycles. The van der Waals surface area contributed by atoms with Gasteiger partial charge in [0.15, 0.2) is 0 Å². The Hall–Kier alpha value is -2.73. The van der Waals surface area contributed by atoms with Gasteiger partial charge in [0.05, 0.1) is 0 Å². The molecule has 2 amide bonds. The van der Waals surface area contributed by atoms with E-state index < -0.39 is 17.6 Å². The normalized spacial score (nSPS) is 15.1. The number of aryl methyl sites for hydroxylation is 1. The molecule has 29 heavy (non-hydrogen) atoms. The number of piperidine rings is 1. The minimum Gasteiger partial charge on any atom is -0.348 e. The number of anilines is 1. The number of nitrogens with one attached hydrogen (secondary N) is 2. The van der Waals surface area contributed by atoms with E-state index in [1.807, 2.05) is 6.07 Å². The Morgan fingerprint density at radius 1 is 1.07 bits per heavy atom. The fraction of sp³-hybridized carbons (Fsp3) is 0.391. The molecule has 1 aliphatic rings. The third-order valence-corrected chi connectivity index (χ3v) is 5.45. The quantitative estimate of drug-likeness (QED) is 0.736. The largest absolute Gasteiger partial charge is 0.348 e. The Morgan fingerprint density at radius 2 is 1.79 bits per heavy atom. The first-order valence-electron chi connectivity index (χ1n) is 10.1. The van der Waals surface area contributed by atoms with Crippen molar-refractivity contribution in [3.05, 3.63) is 65.5 Å². The van der Waals surface area contributed by atoms with E-state index in [9.17, 15) is 14.0 Å². The first kappa shape index (κ1) is 21.0. The highest BCUT2D eigenvalue weighted by molar-refractivity contribution is 6.39. The Bertz CT molecular complexity index is 833. The van der Waals surface area contributed by atoms with Crippen molar-refractivity contribution in [2.45, 2.75) is 26.2 Å². The Kier molecular flexibility index (Phi) is 7.36. The molecule has 5 nitrogen and oxygen atoms in total. The number of carbonyl (C=O) groups excluding carboxylic acids is 2. The summed E-state index contributed by atoms with van der Waals surface area (Å²) in [4.78, 5) is 26.5. The number of likely N-dealkylation sites (tertiary alicyclic amines) is 1. The summed E-state index contributed by atoms with van der Waals surface area (Å²) in [5.41, 5.74) is 2.11. The van der Waals surface area contributed by atoms with Crippen molar-refractivity contribution in [2.24, 2.45) is 5.92 Å². The molecule has 0 bridgehead atoms. The van der Waals surface area contributed by atoms with Crippen LogP contribution in [0.4, 0.5) is 10.1 Å². The van der Waals surface area contributed by atoms with E-state index in [1.54, 1.807) is 19.1 Å². The topological polar surface area (TPSA) is 61.4 Å². The molecule has 154 valence electrons. The first-order valence-corrected chi connectivity index (χ1v) is 10.1. The van der Waals surface area contributed by atoms with Gasteiger partial charge in [-0.3, -0.25) is 9.59 Å². The zero-order valence-electron chi connectivity index (χ0n) is 16.8. The number of hydrogen-bond donors (Lipinski definition) is 2. The summed E-state index contributed by atoms with van der Waals surface area (Å²) in [7, 11) is 0. The molecule has 0 unspecified atom stereocenters. The van der Waals surface area contributed by atoms with Crippen molar-refractivity contribution < 1.29 is 14.0 Å². The molecule has 0 aromatic heterocycles. The molecular weight excluding hydrogens is 369 g/mol. The summed E-state index contributed by atoms with van der Waals surface area (Å²) in [5.74, 6) is -1.50. The van der Waals surface area contributed by atoms with Crippen LogP contribution in [0, 0.1) is 18.7 Å². The predicted octanol–water partition coefficient (Wildman–Crippen LogP) is 3.14. The smallest absolute Gasteiger partial charge is 0.313 e. The molecule has 0 radical (unpaired) electrons. The van der Waals surface area contributed by atoms with Crippen molar-refractivity contribution in [3.8, 4) is 0 Å². The van der Waals surface area contributed by atoms with Gasteiger partial charge in [0.1, 0.15) is 5.82 Å². The number of carbonyl (C=O) groups is 2. The SMILES string of the molecule is Cc1ccc(NC(=O)C(=O)NCC2CCN(CCc3ccccc3)CC2)cc1F. The summed E-state index contributed by atoms with van der Waals surface area (Å²) in [6.07, 6.45) is 3.04. The number of hydrogen-bond acceptors (Lipinski definition) is 3. The van der Waals surface area contributed by atoms with Crippen molar-refractivity contribution in [2.75, 3.05) is 31.5 Å². The molecule has 2 aromatic carbocycles. The molecule has 2 N–H and O–H groups in total. The molecule has 0 spiro atoms. The van der Waals surface area contributed by atoms with Gasteiger partial charge in [0.25, 0.3) is 0 Å². The lowest BCUT2D eigenvalue weighted by Gasteiger charge is -2.32. The molecule has 1 fully saturated rings. The number of rotatable bonds is 6. The fourth-order valence-electron chi connectivity index (χ4n) is 3.52. The van der Waals surface area contributed by atoms with Gasteiger partial charge in [-0.1, -0.05) is 36.4 Å². The van der Waals surface area contributed by atoms with E-state index >= 15 is 0 Å². The van der Waals surface area contributed by atoms with E-state index in [2.05, 4.69) is 39.8 Å². The molecule has 0 aliphatic carbocycles. The average Bonchev–Trinajstić information content (AvgIpc) is 2.74. The van der Waals surface area contributed by atoms with E-state index in [1.165, 1.54) is 11.6 Å². The minimum atomic E-state index is -0.770. The van der Waals surface area contributed by atoms with Crippen LogP contribution in [-0.4, -0.2) is 42.9 Å². The minimum absolute atomic E-state index is 0.278. The van der Waals surface area contributed by atoms with Crippen LogP contribution < -0.4 is 10.6 Å². The average molecular weight is 397 g/mol. The highest BCUT2D eigenvalue weighted by atomic mass is 19.1. The van der Waals surface area contributed by atoms with Crippen LogP contribution in [0.5, 0.6) is 0 Å². The Balaban J connectivity index is 1.35. The molecule has 0 atom stereocenters. The summed E-state index contributed by atoms with van der Waals surface area (Å²) < 4.78 is 13.5. The van der Waals surface area contributed by atoms with Crippen LogP contribution in [-0.2, 0) is 16.0 Å². The van der Waals surface area contributed by atoms with Crippen molar-refractivity contribution in [1.29, 1.82) is 0 Å². The van der Waals surface area contributed by atoms with Gasteiger partial charge in [0, 0.05) is 18.8 Å². The highest BCUT2D eigenvalue weighted by Gasteiger charge is 2.21. The first-order chi connectivity index (χ1) is 14.0. The number of amides is 2. The molecule has 1 heterocycles. The Labute approximate surface area is 171 Å². The van der Waals surface area contributed by atoms with Gasteiger partial charge in [-0.25, -0.2) is 4.39 Å². The van der Waals surface area contributed by atoms with Crippen molar-refractivity contribution >= 4 is 17.5 Å². The van der Waals surface area contributed by atoms with Crippen LogP contribution in [0.1, 0.15) is 24.0 Å². The Morgan fingerprint density at radius 3 is 2.48 bits per heavy atom. The van der Waals surface area contributed by atoms with Gasteiger partial charge >= 0.3 is 11.8 Å². The lowest BCUT2D eigenvalue weighted by Crippen LogP contribution is -2.42. The lowest BCUT2D eigenvalue weighted by atomic mass is 9.96. The second-order valence-electron chi connectivity index (χ2n) is 7.65. The van der Waals surface area contributed by atoms with E-state index in [4.69, 9.17) is 0 Å². The third kappa shape index (κ3) is 6.39. The van der Waals surface area contributed by atoms with Crippen LogP contribution in [0.2, 0.25) is 0 Å². The summed E-state index contributed by atoms with van der Waals surface area (Å²) >= 11 is 0. The van der Waals surface area contributed by atoms with E-state index in [-0.39, 0.29) is 5.69 Å². The second-order valence-corrected chi connectivity index (χ2v) is 7.65.